The summed E-state index contributed by atoms with van der Waals surface area (Å²) in [4.78, 5) is 28.4. The average Bonchev–Trinajstić information content (AvgIpc) is 3.56. The Bertz CT molecular complexity index is 1060. The van der Waals surface area contributed by atoms with Crippen molar-refractivity contribution in [2.45, 2.75) is 75.7 Å². The monoisotopic (exact) mass is 461 g/mol. The van der Waals surface area contributed by atoms with E-state index < -0.39 is 41.3 Å². The van der Waals surface area contributed by atoms with E-state index in [4.69, 9.17) is 9.31 Å². The van der Waals surface area contributed by atoms with Crippen molar-refractivity contribution < 1.29 is 24.0 Å². The Hall–Kier alpha value is -2.22. The molecule has 0 spiro atoms. The summed E-state index contributed by atoms with van der Waals surface area (Å²) in [5.74, 6) is -0.965. The van der Waals surface area contributed by atoms with Crippen LogP contribution >= 0.6 is 0 Å². The van der Waals surface area contributed by atoms with Crippen LogP contribution in [0.15, 0.2) is 48.6 Å². The summed E-state index contributed by atoms with van der Waals surface area (Å²) in [5, 5.41) is 11.3. The lowest BCUT2D eigenvalue weighted by Crippen LogP contribution is -2.65. The molecular weight excluding hydrogens is 429 g/mol. The largest absolute Gasteiger partial charge is 0.494 e. The molecule has 0 bridgehead atoms. The molecule has 2 atom stereocenters. The van der Waals surface area contributed by atoms with Crippen LogP contribution in [0.5, 0.6) is 0 Å². The lowest BCUT2D eigenvalue weighted by molar-refractivity contribution is -0.181. The van der Waals surface area contributed by atoms with E-state index in [0.29, 0.717) is 12.8 Å². The van der Waals surface area contributed by atoms with Gasteiger partial charge in [-0.15, -0.1) is 0 Å². The third-order valence-electron chi connectivity index (χ3n) is 9.08. The molecule has 2 heterocycles. The van der Waals surface area contributed by atoms with Crippen LogP contribution in [-0.4, -0.2) is 45.7 Å². The molecule has 1 N–H and O–H groups in total. The fourth-order valence-electron chi connectivity index (χ4n) is 6.20. The molecule has 3 aliphatic carbocycles. The van der Waals surface area contributed by atoms with Gasteiger partial charge in [0.15, 0.2) is 0 Å². The summed E-state index contributed by atoms with van der Waals surface area (Å²) in [7, 11) is -0.479. The predicted octanol–water partition coefficient (Wildman–Crippen LogP) is 2.84. The van der Waals surface area contributed by atoms with Crippen LogP contribution in [0.25, 0.3) is 0 Å². The van der Waals surface area contributed by atoms with Gasteiger partial charge in [-0.25, -0.2) is 0 Å². The number of carbonyl (C=O) groups excluding carboxylic acids is 2. The zero-order valence-corrected chi connectivity index (χ0v) is 20.3. The smallest absolute Gasteiger partial charge is 0.399 e. The van der Waals surface area contributed by atoms with Crippen molar-refractivity contribution in [3.05, 3.63) is 54.1 Å². The molecule has 6 rings (SSSR count). The maximum absolute atomic E-state index is 13.5. The van der Waals surface area contributed by atoms with Crippen LogP contribution in [0.4, 0.5) is 0 Å². The van der Waals surface area contributed by atoms with Crippen molar-refractivity contribution in [2.24, 2.45) is 17.8 Å². The number of rotatable bonds is 4. The van der Waals surface area contributed by atoms with Crippen molar-refractivity contribution in [3.8, 4) is 0 Å². The van der Waals surface area contributed by atoms with Gasteiger partial charge in [-0.2, -0.15) is 0 Å². The van der Waals surface area contributed by atoms with Gasteiger partial charge in [-0.3, -0.25) is 14.5 Å². The van der Waals surface area contributed by atoms with Crippen molar-refractivity contribution in [3.63, 3.8) is 0 Å². The lowest BCUT2D eigenvalue weighted by Gasteiger charge is -2.57. The minimum Gasteiger partial charge on any atom is -0.399 e. The second-order valence-corrected chi connectivity index (χ2v) is 11.8. The highest BCUT2D eigenvalue weighted by atomic mass is 16.7. The molecule has 2 saturated carbocycles. The first-order valence-corrected chi connectivity index (χ1v) is 12.4. The number of benzene rings is 1. The Labute approximate surface area is 201 Å². The van der Waals surface area contributed by atoms with Gasteiger partial charge in [0, 0.05) is 12.8 Å². The SMILES string of the molecule is CC1(C)OB(c2ccc(C3(N4C(=O)C5C=CC=CC5C4=O)CC(O)(C4CC4)C3)cc2)OC1(C)C. The molecule has 2 saturated heterocycles. The molecule has 2 aliphatic heterocycles. The number of likely N-dealkylation sites (tertiary alicyclic amines) is 1. The predicted molar refractivity (Wildman–Crippen MR) is 128 cm³/mol. The summed E-state index contributed by atoms with van der Waals surface area (Å²) >= 11 is 0. The number of allylic oxidation sites excluding steroid dienone is 2. The minimum atomic E-state index is -0.820. The molecule has 178 valence electrons. The van der Waals surface area contributed by atoms with Gasteiger partial charge < -0.3 is 14.4 Å². The van der Waals surface area contributed by atoms with Crippen LogP contribution < -0.4 is 5.46 Å². The number of fused-ring (bicyclic) bond motifs is 1. The highest BCUT2D eigenvalue weighted by Crippen LogP contribution is 2.62. The van der Waals surface area contributed by atoms with E-state index in [-0.39, 0.29) is 17.7 Å². The second kappa shape index (κ2) is 6.93. The highest BCUT2D eigenvalue weighted by molar-refractivity contribution is 6.62. The number of hydrogen-bond acceptors (Lipinski definition) is 5. The molecule has 0 aromatic heterocycles. The van der Waals surface area contributed by atoms with Gasteiger partial charge in [0.05, 0.1) is 34.2 Å². The fourth-order valence-corrected chi connectivity index (χ4v) is 6.20. The molecule has 4 fully saturated rings. The van der Waals surface area contributed by atoms with E-state index in [1.165, 1.54) is 4.90 Å². The van der Waals surface area contributed by atoms with Gasteiger partial charge in [-0.1, -0.05) is 48.6 Å². The number of hydrogen-bond donors (Lipinski definition) is 1. The molecule has 34 heavy (non-hydrogen) atoms. The van der Waals surface area contributed by atoms with Crippen LogP contribution in [0, 0.1) is 17.8 Å². The second-order valence-electron chi connectivity index (χ2n) is 11.8. The van der Waals surface area contributed by atoms with Gasteiger partial charge >= 0.3 is 7.12 Å². The van der Waals surface area contributed by atoms with Crippen molar-refractivity contribution >= 4 is 24.4 Å². The van der Waals surface area contributed by atoms with E-state index in [0.717, 1.165) is 23.9 Å². The first-order chi connectivity index (χ1) is 16.0. The van der Waals surface area contributed by atoms with E-state index >= 15 is 0 Å². The molecule has 0 radical (unpaired) electrons. The van der Waals surface area contributed by atoms with E-state index in [1.807, 2.05) is 76.3 Å². The first kappa shape index (κ1) is 22.3. The summed E-state index contributed by atoms with van der Waals surface area (Å²) in [6.07, 6.45) is 10.1. The summed E-state index contributed by atoms with van der Waals surface area (Å²) in [5.41, 5.74) is -0.723. The van der Waals surface area contributed by atoms with Crippen LogP contribution in [0.3, 0.4) is 0 Å². The topological polar surface area (TPSA) is 76.1 Å². The number of amides is 2. The molecule has 6 nitrogen and oxygen atoms in total. The number of imide groups is 1. The van der Waals surface area contributed by atoms with Gasteiger partial charge in [0.2, 0.25) is 11.8 Å². The first-order valence-electron chi connectivity index (χ1n) is 12.4. The lowest BCUT2D eigenvalue weighted by atomic mass is 9.58. The van der Waals surface area contributed by atoms with Crippen molar-refractivity contribution in [2.75, 3.05) is 0 Å². The Morgan fingerprint density at radius 3 is 1.85 bits per heavy atom. The molecule has 5 aliphatic rings. The highest BCUT2D eigenvalue weighted by Gasteiger charge is 2.67. The fraction of sp³-hybridized carbons (Fsp3) is 0.556. The molecule has 1 aromatic rings. The minimum absolute atomic E-state index is 0.163. The van der Waals surface area contributed by atoms with Gasteiger partial charge in [0.25, 0.3) is 0 Å². The van der Waals surface area contributed by atoms with Gasteiger partial charge in [-0.05, 0) is 57.5 Å². The Balaban J connectivity index is 1.34. The maximum atomic E-state index is 13.5. The number of nitrogens with zero attached hydrogens (tertiary/aromatic N) is 1. The summed E-state index contributed by atoms with van der Waals surface area (Å²) < 4.78 is 12.4. The zero-order chi connectivity index (χ0) is 24.1. The maximum Gasteiger partial charge on any atom is 0.494 e. The molecule has 2 amide bonds. The zero-order valence-electron chi connectivity index (χ0n) is 20.3. The Kier molecular flexibility index (Phi) is 4.54. The normalized spacial score (nSPS) is 37.8. The summed E-state index contributed by atoms with van der Waals surface area (Å²) in [6, 6.07) is 7.87. The quantitative estimate of drug-likeness (QED) is 0.552. The molecule has 1 aromatic carbocycles. The van der Waals surface area contributed by atoms with Crippen molar-refractivity contribution in [1.29, 1.82) is 0 Å². The van der Waals surface area contributed by atoms with Gasteiger partial charge in [0.1, 0.15) is 0 Å². The average molecular weight is 461 g/mol. The van der Waals surface area contributed by atoms with Crippen LogP contribution in [0.2, 0.25) is 0 Å². The molecule has 7 heteroatoms. The summed E-state index contributed by atoms with van der Waals surface area (Å²) in [6.45, 7) is 8.10. The Morgan fingerprint density at radius 2 is 1.38 bits per heavy atom. The third-order valence-corrected chi connectivity index (χ3v) is 9.08. The van der Waals surface area contributed by atoms with E-state index in [2.05, 4.69) is 0 Å². The number of carbonyl (C=O) groups is 2. The van der Waals surface area contributed by atoms with Crippen molar-refractivity contribution in [1.82, 2.24) is 4.90 Å². The van der Waals surface area contributed by atoms with Crippen LogP contribution in [0.1, 0.15) is 58.9 Å². The van der Waals surface area contributed by atoms with Crippen LogP contribution in [-0.2, 0) is 24.4 Å². The molecule has 2 unspecified atom stereocenters. The Morgan fingerprint density at radius 1 is 0.882 bits per heavy atom. The van der Waals surface area contributed by atoms with E-state index in [9.17, 15) is 14.7 Å². The molecular formula is C27H32BNO5. The number of aliphatic hydroxyl groups is 1. The third kappa shape index (κ3) is 2.99. The van der Waals surface area contributed by atoms with E-state index in [1.54, 1.807) is 0 Å². The standard InChI is InChI=1S/C27H32BNO5/c1-24(2)25(3,4)34-28(33-24)19-13-11-17(12-14-19)26(15-27(32,16-26)18-9-10-18)29-22(30)20-7-5-6-8-21(20)23(29)31/h5-8,11-14,18,20-21,32H,9-10,15-16H2,1-4H3.